The average Bonchev–Trinajstić information content (AvgIpc) is 3.46. The average molecular weight is 399 g/mol. The first-order valence-corrected chi connectivity index (χ1v) is 10.3. The molecular weight excluding hydrogens is 380 g/mol. The molecule has 0 atom stereocenters. The van der Waals surface area contributed by atoms with Gasteiger partial charge in [-0.15, -0.1) is 21.5 Å². The third kappa shape index (κ3) is 3.77. The second-order valence-corrected chi connectivity index (χ2v) is 7.58. The van der Waals surface area contributed by atoms with E-state index < -0.39 is 0 Å². The highest BCUT2D eigenvalue weighted by atomic mass is 32.2. The Morgan fingerprint density at radius 1 is 1.19 bits per heavy atom. The van der Waals surface area contributed by atoms with Gasteiger partial charge in [-0.1, -0.05) is 17.8 Å². The maximum Gasteiger partial charge on any atom is 0.226 e. The van der Waals surface area contributed by atoms with Crippen molar-refractivity contribution in [2.75, 3.05) is 7.11 Å². The molecule has 1 aromatic carbocycles. The minimum atomic E-state index is 0.601. The summed E-state index contributed by atoms with van der Waals surface area (Å²) in [5.74, 6) is 2.99. The van der Waals surface area contributed by atoms with Crippen molar-refractivity contribution in [2.45, 2.75) is 24.4 Å². The molecule has 0 radical (unpaired) electrons. The van der Waals surface area contributed by atoms with Crippen LogP contribution < -0.4 is 4.74 Å². The monoisotopic (exact) mass is 398 g/mol. The van der Waals surface area contributed by atoms with Gasteiger partial charge >= 0.3 is 0 Å². The molecule has 0 aliphatic rings. The fourth-order valence-electron chi connectivity index (χ4n) is 2.65. The van der Waals surface area contributed by atoms with Crippen molar-refractivity contribution in [3.8, 4) is 27.9 Å². The molecule has 3 heterocycles. The van der Waals surface area contributed by atoms with Crippen LogP contribution >= 0.6 is 23.1 Å². The number of benzene rings is 1. The van der Waals surface area contributed by atoms with Crippen LogP contribution in [-0.4, -0.2) is 26.9 Å². The highest BCUT2D eigenvalue weighted by molar-refractivity contribution is 7.98. The molecule has 3 aromatic heterocycles. The van der Waals surface area contributed by atoms with Gasteiger partial charge in [0, 0.05) is 17.9 Å². The normalized spacial score (nSPS) is 11.0. The molecule has 4 rings (SSSR count). The summed E-state index contributed by atoms with van der Waals surface area (Å²) >= 11 is 3.28. The summed E-state index contributed by atoms with van der Waals surface area (Å²) < 4.78 is 12.9. The van der Waals surface area contributed by atoms with Crippen molar-refractivity contribution in [1.82, 2.24) is 19.7 Å². The van der Waals surface area contributed by atoms with Gasteiger partial charge in [0.25, 0.3) is 0 Å². The summed E-state index contributed by atoms with van der Waals surface area (Å²) in [4.78, 5) is 5.70. The molecule has 0 bridgehead atoms. The molecule has 0 saturated carbocycles. The lowest BCUT2D eigenvalue weighted by Crippen LogP contribution is -1.99. The molecule has 0 saturated heterocycles. The molecule has 0 aliphatic carbocycles. The number of nitrogens with zero attached hydrogens (tertiary/aromatic N) is 4. The van der Waals surface area contributed by atoms with Crippen LogP contribution in [0.25, 0.3) is 22.2 Å². The van der Waals surface area contributed by atoms with E-state index in [9.17, 15) is 0 Å². The lowest BCUT2D eigenvalue weighted by Gasteiger charge is -2.05. The SMILES string of the molecule is CCn1c(SCc2coc(-c3ccc(OC)cc3)n2)nnc1-c1cccs1. The van der Waals surface area contributed by atoms with E-state index in [1.54, 1.807) is 36.5 Å². The summed E-state index contributed by atoms with van der Waals surface area (Å²) in [6.07, 6.45) is 1.69. The van der Waals surface area contributed by atoms with Gasteiger partial charge < -0.3 is 13.7 Å². The Balaban J connectivity index is 1.47. The fourth-order valence-corrected chi connectivity index (χ4v) is 4.24. The molecule has 0 spiro atoms. The van der Waals surface area contributed by atoms with Crippen LogP contribution in [-0.2, 0) is 12.3 Å². The van der Waals surface area contributed by atoms with Crippen molar-refractivity contribution < 1.29 is 9.15 Å². The highest BCUT2D eigenvalue weighted by Crippen LogP contribution is 2.29. The topological polar surface area (TPSA) is 66.0 Å². The molecule has 4 aromatic rings. The van der Waals surface area contributed by atoms with E-state index in [2.05, 4.69) is 32.7 Å². The van der Waals surface area contributed by atoms with Crippen LogP contribution in [0.15, 0.2) is 57.6 Å². The number of methoxy groups -OCH3 is 1. The van der Waals surface area contributed by atoms with Crippen LogP contribution in [0, 0.1) is 0 Å². The Hall–Kier alpha value is -2.58. The Kier molecular flexibility index (Phi) is 5.26. The fraction of sp³-hybridized carbons (Fsp3) is 0.211. The number of hydrogen-bond acceptors (Lipinski definition) is 7. The van der Waals surface area contributed by atoms with E-state index in [-0.39, 0.29) is 0 Å². The number of aromatic nitrogens is 4. The van der Waals surface area contributed by atoms with E-state index >= 15 is 0 Å². The van der Waals surface area contributed by atoms with Gasteiger partial charge in [0.2, 0.25) is 5.89 Å². The van der Waals surface area contributed by atoms with E-state index in [4.69, 9.17) is 9.15 Å². The molecule has 0 aliphatic heterocycles. The summed E-state index contributed by atoms with van der Waals surface area (Å²) in [7, 11) is 1.65. The van der Waals surface area contributed by atoms with E-state index in [0.717, 1.165) is 39.4 Å². The molecule has 0 fully saturated rings. The Bertz CT molecular complexity index is 1010. The van der Waals surface area contributed by atoms with Gasteiger partial charge in [0.15, 0.2) is 11.0 Å². The Labute approximate surface area is 165 Å². The van der Waals surface area contributed by atoms with Gasteiger partial charge in [-0.3, -0.25) is 0 Å². The second-order valence-electron chi connectivity index (χ2n) is 5.69. The first kappa shape index (κ1) is 17.8. The molecule has 8 heteroatoms. The van der Waals surface area contributed by atoms with Crippen molar-refractivity contribution in [3.05, 3.63) is 53.7 Å². The summed E-state index contributed by atoms with van der Waals surface area (Å²) in [5.41, 5.74) is 1.79. The summed E-state index contributed by atoms with van der Waals surface area (Å²) in [6, 6.07) is 11.7. The van der Waals surface area contributed by atoms with Gasteiger partial charge in [-0.2, -0.15) is 0 Å². The number of rotatable bonds is 7. The molecule has 6 nitrogen and oxygen atoms in total. The number of ether oxygens (including phenoxy) is 1. The van der Waals surface area contributed by atoms with E-state index in [0.29, 0.717) is 11.6 Å². The second kappa shape index (κ2) is 7.98. The van der Waals surface area contributed by atoms with Crippen LogP contribution in [0.4, 0.5) is 0 Å². The third-order valence-electron chi connectivity index (χ3n) is 4.01. The number of thiophene rings is 1. The van der Waals surface area contributed by atoms with Crippen molar-refractivity contribution in [1.29, 1.82) is 0 Å². The zero-order valence-corrected chi connectivity index (χ0v) is 16.6. The first-order valence-electron chi connectivity index (χ1n) is 8.47. The zero-order chi connectivity index (χ0) is 18.6. The largest absolute Gasteiger partial charge is 0.497 e. The molecular formula is C19H18N4O2S2. The van der Waals surface area contributed by atoms with Crippen LogP contribution in [0.2, 0.25) is 0 Å². The minimum Gasteiger partial charge on any atom is -0.497 e. The van der Waals surface area contributed by atoms with Gasteiger partial charge in [-0.25, -0.2) is 4.98 Å². The zero-order valence-electron chi connectivity index (χ0n) is 15.0. The van der Waals surface area contributed by atoms with E-state index in [1.165, 1.54) is 0 Å². The maximum atomic E-state index is 5.63. The van der Waals surface area contributed by atoms with Crippen molar-refractivity contribution in [2.24, 2.45) is 0 Å². The molecule has 0 N–H and O–H groups in total. The predicted octanol–water partition coefficient (Wildman–Crippen LogP) is 4.98. The van der Waals surface area contributed by atoms with Crippen LogP contribution in [0.1, 0.15) is 12.6 Å². The summed E-state index contributed by atoms with van der Waals surface area (Å²) in [5, 5.41) is 11.6. The minimum absolute atomic E-state index is 0.601. The van der Waals surface area contributed by atoms with Gasteiger partial charge in [0.05, 0.1) is 17.7 Å². The lowest BCUT2D eigenvalue weighted by atomic mass is 10.2. The van der Waals surface area contributed by atoms with Gasteiger partial charge in [0.1, 0.15) is 12.0 Å². The van der Waals surface area contributed by atoms with E-state index in [1.807, 2.05) is 35.7 Å². The smallest absolute Gasteiger partial charge is 0.226 e. The number of oxazole rings is 1. The Morgan fingerprint density at radius 3 is 2.74 bits per heavy atom. The standard InChI is InChI=1S/C19H18N4O2S2/c1-3-23-17(16-5-4-10-26-16)21-22-19(23)27-12-14-11-25-18(20-14)13-6-8-15(24-2)9-7-13/h4-11H,3,12H2,1-2H3. The lowest BCUT2D eigenvalue weighted by molar-refractivity contribution is 0.415. The van der Waals surface area contributed by atoms with Crippen molar-refractivity contribution in [3.63, 3.8) is 0 Å². The molecule has 138 valence electrons. The maximum absolute atomic E-state index is 5.63. The highest BCUT2D eigenvalue weighted by Gasteiger charge is 2.15. The number of thioether (sulfide) groups is 1. The van der Waals surface area contributed by atoms with Gasteiger partial charge in [-0.05, 0) is 42.6 Å². The molecule has 27 heavy (non-hydrogen) atoms. The Morgan fingerprint density at radius 2 is 2.04 bits per heavy atom. The first-order chi connectivity index (χ1) is 13.3. The van der Waals surface area contributed by atoms with Crippen molar-refractivity contribution >= 4 is 23.1 Å². The van der Waals surface area contributed by atoms with Crippen LogP contribution in [0.3, 0.4) is 0 Å². The predicted molar refractivity (Wildman–Crippen MR) is 107 cm³/mol. The quantitative estimate of drug-likeness (QED) is 0.409. The number of hydrogen-bond donors (Lipinski definition) is 0. The molecule has 0 unspecified atom stereocenters. The molecule has 0 amide bonds. The summed E-state index contributed by atoms with van der Waals surface area (Å²) in [6.45, 7) is 2.92. The third-order valence-corrected chi connectivity index (χ3v) is 5.88. The van der Waals surface area contributed by atoms with Crippen LogP contribution in [0.5, 0.6) is 5.75 Å².